The predicted molar refractivity (Wildman–Crippen MR) is 35.8 cm³/mol. The van der Waals surface area contributed by atoms with Crippen LogP contribution >= 0.6 is 22.6 Å². The van der Waals surface area contributed by atoms with Gasteiger partial charge in [0.2, 0.25) is 0 Å². The Morgan fingerprint density at radius 3 is 2.86 bits per heavy atom. The van der Waals surface area contributed by atoms with Crippen molar-refractivity contribution in [3.05, 3.63) is 9.84 Å². The van der Waals surface area contributed by atoms with Crippen LogP contribution in [0.5, 0.6) is 0 Å². The minimum absolute atomic E-state index is 0.0769. The van der Waals surface area contributed by atoms with Crippen molar-refractivity contribution in [2.75, 3.05) is 0 Å². The fraction of sp³-hybridized carbons (Fsp3) is 0.500. The molecule has 3 heteroatoms. The maximum absolute atomic E-state index is 5.35. The van der Waals surface area contributed by atoms with Crippen molar-refractivity contribution in [2.45, 2.75) is 12.6 Å². The van der Waals surface area contributed by atoms with E-state index in [0.29, 0.717) is 0 Å². The summed E-state index contributed by atoms with van der Waals surface area (Å²) in [4.78, 5) is 0. The first kappa shape index (κ1) is 5.37. The van der Waals surface area contributed by atoms with Crippen LogP contribution in [0, 0.1) is 0 Å². The molecule has 0 aromatic carbocycles. The van der Waals surface area contributed by atoms with E-state index in [1.54, 1.807) is 0 Å². The molecule has 0 aliphatic carbocycles. The molecule has 0 aromatic heterocycles. The van der Waals surface area contributed by atoms with Gasteiger partial charge in [0, 0.05) is 6.42 Å². The monoisotopic (exact) mass is 211 g/mol. The van der Waals surface area contributed by atoms with Crippen molar-refractivity contribution in [1.29, 1.82) is 0 Å². The van der Waals surface area contributed by atoms with Gasteiger partial charge in [0.15, 0.2) is 9.99 Å². The van der Waals surface area contributed by atoms with Crippen molar-refractivity contribution in [2.24, 2.45) is 5.73 Å². The third kappa shape index (κ3) is 1.31. The van der Waals surface area contributed by atoms with Gasteiger partial charge in [-0.05, 0) is 28.7 Å². The molecule has 1 atom stereocenters. The minimum atomic E-state index is -0.0769. The SMILES string of the molecule is N[C@H]1CC=C(I)O1. The van der Waals surface area contributed by atoms with E-state index in [2.05, 4.69) is 22.6 Å². The molecule has 0 saturated carbocycles. The summed E-state index contributed by atoms with van der Waals surface area (Å²) in [6.45, 7) is 0. The lowest BCUT2D eigenvalue weighted by Crippen LogP contribution is -2.16. The fourth-order valence-electron chi connectivity index (χ4n) is 0.450. The normalized spacial score (nSPS) is 29.4. The topological polar surface area (TPSA) is 35.2 Å². The lowest BCUT2D eigenvalue weighted by Gasteiger charge is -2.00. The lowest BCUT2D eigenvalue weighted by molar-refractivity contribution is 0.173. The highest BCUT2D eigenvalue weighted by Gasteiger charge is 2.08. The first-order chi connectivity index (χ1) is 3.29. The number of halogens is 1. The van der Waals surface area contributed by atoms with Crippen LogP contribution < -0.4 is 5.73 Å². The van der Waals surface area contributed by atoms with Crippen LogP contribution in [0.25, 0.3) is 0 Å². The maximum Gasteiger partial charge on any atom is 0.155 e. The zero-order valence-corrected chi connectivity index (χ0v) is 5.88. The van der Waals surface area contributed by atoms with E-state index in [9.17, 15) is 0 Å². The molecule has 40 valence electrons. The Morgan fingerprint density at radius 2 is 2.71 bits per heavy atom. The molecule has 1 aliphatic heterocycles. The molecule has 0 bridgehead atoms. The Labute approximate surface area is 55.9 Å². The Hall–Kier alpha value is 0.230. The lowest BCUT2D eigenvalue weighted by atomic mass is 10.4. The molecule has 7 heavy (non-hydrogen) atoms. The zero-order valence-electron chi connectivity index (χ0n) is 3.73. The Morgan fingerprint density at radius 1 is 2.00 bits per heavy atom. The van der Waals surface area contributed by atoms with E-state index >= 15 is 0 Å². The van der Waals surface area contributed by atoms with Gasteiger partial charge >= 0.3 is 0 Å². The highest BCUT2D eigenvalue weighted by molar-refractivity contribution is 14.1. The van der Waals surface area contributed by atoms with Crippen molar-refractivity contribution in [1.82, 2.24) is 0 Å². The molecule has 0 aromatic rings. The maximum atomic E-state index is 5.35. The molecule has 0 unspecified atom stereocenters. The van der Waals surface area contributed by atoms with Gasteiger partial charge in [-0.1, -0.05) is 0 Å². The molecule has 0 spiro atoms. The van der Waals surface area contributed by atoms with Crippen LogP contribution in [0.2, 0.25) is 0 Å². The second kappa shape index (κ2) is 2.00. The van der Waals surface area contributed by atoms with Gasteiger partial charge in [0.1, 0.15) is 0 Å². The summed E-state index contributed by atoms with van der Waals surface area (Å²) in [7, 11) is 0. The van der Waals surface area contributed by atoms with Crippen molar-refractivity contribution >= 4 is 22.6 Å². The largest absolute Gasteiger partial charge is 0.470 e. The van der Waals surface area contributed by atoms with Gasteiger partial charge in [-0.2, -0.15) is 0 Å². The van der Waals surface area contributed by atoms with E-state index in [4.69, 9.17) is 10.5 Å². The summed E-state index contributed by atoms with van der Waals surface area (Å²) in [5.41, 5.74) is 5.35. The molecule has 0 radical (unpaired) electrons. The van der Waals surface area contributed by atoms with Crippen LogP contribution in [0.1, 0.15) is 6.42 Å². The number of hydrogen-bond donors (Lipinski definition) is 1. The molecule has 2 nitrogen and oxygen atoms in total. The van der Waals surface area contributed by atoms with Gasteiger partial charge < -0.3 is 4.74 Å². The summed E-state index contributed by atoms with van der Waals surface area (Å²) in [6.07, 6.45) is 2.76. The third-order valence-electron chi connectivity index (χ3n) is 0.775. The number of rotatable bonds is 0. The average Bonchev–Trinajstić information content (AvgIpc) is 1.87. The Bertz CT molecular complexity index is 102. The molecule has 1 aliphatic rings. The van der Waals surface area contributed by atoms with Gasteiger partial charge in [-0.25, -0.2) is 0 Å². The molecule has 1 heterocycles. The summed E-state index contributed by atoms with van der Waals surface area (Å²) in [5.74, 6) is 0. The molecular weight excluding hydrogens is 205 g/mol. The zero-order chi connectivity index (χ0) is 5.28. The fourth-order valence-corrected chi connectivity index (χ4v) is 1.03. The van der Waals surface area contributed by atoms with E-state index in [-0.39, 0.29) is 6.23 Å². The first-order valence-electron chi connectivity index (χ1n) is 2.07. The highest BCUT2D eigenvalue weighted by Crippen LogP contribution is 2.18. The first-order valence-corrected chi connectivity index (χ1v) is 3.15. The van der Waals surface area contributed by atoms with Crippen molar-refractivity contribution < 1.29 is 4.74 Å². The molecular formula is C4H6INO. The molecule has 0 amide bonds. The number of nitrogens with two attached hydrogens (primary N) is 1. The van der Waals surface area contributed by atoms with Crippen molar-refractivity contribution in [3.63, 3.8) is 0 Å². The summed E-state index contributed by atoms with van der Waals surface area (Å²) < 4.78 is 5.91. The van der Waals surface area contributed by atoms with Crippen LogP contribution in [0.4, 0.5) is 0 Å². The molecule has 0 saturated heterocycles. The van der Waals surface area contributed by atoms with Gasteiger partial charge in [0.25, 0.3) is 0 Å². The summed E-state index contributed by atoms with van der Waals surface area (Å²) in [5, 5.41) is 0. The Balaban J connectivity index is 2.42. The van der Waals surface area contributed by atoms with Gasteiger partial charge in [0.05, 0.1) is 0 Å². The van der Waals surface area contributed by atoms with Crippen LogP contribution in [0.15, 0.2) is 9.84 Å². The average molecular weight is 211 g/mol. The molecule has 1 rings (SSSR count). The quantitative estimate of drug-likeness (QED) is 0.606. The number of ether oxygens (including phenoxy) is 1. The van der Waals surface area contributed by atoms with E-state index in [1.807, 2.05) is 6.08 Å². The third-order valence-corrected chi connectivity index (χ3v) is 1.47. The second-order valence-electron chi connectivity index (χ2n) is 1.40. The van der Waals surface area contributed by atoms with Gasteiger partial charge in [-0.15, -0.1) is 0 Å². The van der Waals surface area contributed by atoms with Gasteiger partial charge in [-0.3, -0.25) is 5.73 Å². The van der Waals surface area contributed by atoms with Crippen molar-refractivity contribution in [3.8, 4) is 0 Å². The van der Waals surface area contributed by atoms with E-state index in [0.717, 1.165) is 10.2 Å². The standard InChI is InChI=1S/C4H6INO/c5-3-1-2-4(6)7-3/h1,4H,2,6H2/t4-/m1/s1. The highest BCUT2D eigenvalue weighted by atomic mass is 127. The van der Waals surface area contributed by atoms with Crippen LogP contribution in [0.3, 0.4) is 0 Å². The molecule has 2 N–H and O–H groups in total. The minimum Gasteiger partial charge on any atom is -0.470 e. The summed E-state index contributed by atoms with van der Waals surface area (Å²) in [6, 6.07) is 0. The Kier molecular flexibility index (Phi) is 1.53. The number of hydrogen-bond acceptors (Lipinski definition) is 2. The van der Waals surface area contributed by atoms with Crippen LogP contribution in [-0.4, -0.2) is 6.23 Å². The predicted octanol–water partition coefficient (Wildman–Crippen LogP) is 0.968. The second-order valence-corrected chi connectivity index (χ2v) is 2.46. The molecule has 0 fully saturated rings. The van der Waals surface area contributed by atoms with Crippen LogP contribution in [-0.2, 0) is 4.74 Å². The van der Waals surface area contributed by atoms with E-state index in [1.165, 1.54) is 0 Å². The smallest absolute Gasteiger partial charge is 0.155 e. The van der Waals surface area contributed by atoms with E-state index < -0.39 is 0 Å². The summed E-state index contributed by atoms with van der Waals surface area (Å²) >= 11 is 2.11.